The molecule has 0 amide bonds. The SMILES string of the molecule is CNc1cc(Nc2cc(Cl)ccc2Cl)nc(C(C)(C)C)n1. The molecule has 0 aliphatic heterocycles. The Hall–Kier alpha value is -1.52. The van der Waals surface area contributed by atoms with Gasteiger partial charge in [0.15, 0.2) is 0 Å². The molecule has 0 saturated carbocycles. The summed E-state index contributed by atoms with van der Waals surface area (Å²) < 4.78 is 0. The van der Waals surface area contributed by atoms with Crippen LogP contribution in [0, 0.1) is 0 Å². The average molecular weight is 325 g/mol. The number of benzene rings is 1. The van der Waals surface area contributed by atoms with Crippen molar-refractivity contribution in [3.8, 4) is 0 Å². The summed E-state index contributed by atoms with van der Waals surface area (Å²) in [5.74, 6) is 2.16. The van der Waals surface area contributed by atoms with E-state index in [1.807, 2.05) is 13.1 Å². The third-order valence-electron chi connectivity index (χ3n) is 2.84. The van der Waals surface area contributed by atoms with E-state index in [1.165, 1.54) is 0 Å². The maximum absolute atomic E-state index is 6.17. The third-order valence-corrected chi connectivity index (χ3v) is 3.41. The van der Waals surface area contributed by atoms with Crippen molar-refractivity contribution >= 4 is 40.5 Å². The van der Waals surface area contributed by atoms with Crippen molar-refractivity contribution in [3.05, 3.63) is 40.1 Å². The van der Waals surface area contributed by atoms with Crippen LogP contribution in [-0.2, 0) is 5.41 Å². The Bertz CT molecular complexity index is 651. The Morgan fingerprint density at radius 3 is 2.29 bits per heavy atom. The number of aromatic nitrogens is 2. The van der Waals surface area contributed by atoms with Gasteiger partial charge in [0, 0.05) is 23.6 Å². The maximum atomic E-state index is 6.17. The Balaban J connectivity index is 2.42. The van der Waals surface area contributed by atoms with E-state index in [-0.39, 0.29) is 5.41 Å². The summed E-state index contributed by atoms with van der Waals surface area (Å²) in [5.41, 5.74) is 0.561. The van der Waals surface area contributed by atoms with Gasteiger partial charge in [0.25, 0.3) is 0 Å². The molecule has 112 valence electrons. The van der Waals surface area contributed by atoms with Crippen molar-refractivity contribution in [3.63, 3.8) is 0 Å². The molecule has 0 bridgehead atoms. The van der Waals surface area contributed by atoms with Crippen LogP contribution in [0.3, 0.4) is 0 Å². The van der Waals surface area contributed by atoms with E-state index in [1.54, 1.807) is 18.2 Å². The second kappa shape index (κ2) is 6.08. The molecule has 2 rings (SSSR count). The lowest BCUT2D eigenvalue weighted by Gasteiger charge is -2.19. The van der Waals surface area contributed by atoms with Crippen LogP contribution < -0.4 is 10.6 Å². The molecule has 0 aliphatic carbocycles. The zero-order chi connectivity index (χ0) is 15.6. The van der Waals surface area contributed by atoms with Crippen LogP contribution >= 0.6 is 23.2 Å². The van der Waals surface area contributed by atoms with Crippen LogP contribution in [0.5, 0.6) is 0 Å². The quantitative estimate of drug-likeness (QED) is 0.845. The average Bonchev–Trinajstić information content (AvgIpc) is 2.41. The number of anilines is 3. The molecule has 1 heterocycles. The molecule has 1 aromatic heterocycles. The number of nitrogens with one attached hydrogen (secondary N) is 2. The first-order valence-corrected chi connectivity index (χ1v) is 7.34. The number of hydrogen-bond donors (Lipinski definition) is 2. The lowest BCUT2D eigenvalue weighted by atomic mass is 9.96. The third kappa shape index (κ3) is 3.99. The zero-order valence-corrected chi connectivity index (χ0v) is 14.0. The minimum absolute atomic E-state index is 0.151. The van der Waals surface area contributed by atoms with Gasteiger partial charge < -0.3 is 10.6 Å². The van der Waals surface area contributed by atoms with Gasteiger partial charge in [-0.2, -0.15) is 0 Å². The summed E-state index contributed by atoms with van der Waals surface area (Å²) >= 11 is 12.2. The summed E-state index contributed by atoms with van der Waals surface area (Å²) in [7, 11) is 1.82. The Kier molecular flexibility index (Phi) is 4.59. The van der Waals surface area contributed by atoms with Crippen LogP contribution in [0.25, 0.3) is 0 Å². The lowest BCUT2D eigenvalue weighted by molar-refractivity contribution is 0.547. The van der Waals surface area contributed by atoms with Crippen molar-refractivity contribution in [1.29, 1.82) is 0 Å². The molecule has 1 aromatic carbocycles. The van der Waals surface area contributed by atoms with Gasteiger partial charge in [-0.15, -0.1) is 0 Å². The molecule has 2 N–H and O–H groups in total. The van der Waals surface area contributed by atoms with Gasteiger partial charge in [-0.1, -0.05) is 44.0 Å². The van der Waals surface area contributed by atoms with Crippen molar-refractivity contribution in [2.45, 2.75) is 26.2 Å². The maximum Gasteiger partial charge on any atom is 0.138 e. The smallest absolute Gasteiger partial charge is 0.138 e. The fourth-order valence-corrected chi connectivity index (χ4v) is 2.04. The summed E-state index contributed by atoms with van der Waals surface area (Å²) in [6, 6.07) is 7.08. The Morgan fingerprint density at radius 2 is 1.67 bits per heavy atom. The minimum Gasteiger partial charge on any atom is -0.373 e. The molecule has 0 fully saturated rings. The highest BCUT2D eigenvalue weighted by atomic mass is 35.5. The lowest BCUT2D eigenvalue weighted by Crippen LogP contribution is -2.17. The Morgan fingerprint density at radius 1 is 1.00 bits per heavy atom. The first-order chi connectivity index (χ1) is 9.79. The Labute approximate surface area is 134 Å². The van der Waals surface area contributed by atoms with Crippen molar-refractivity contribution in [2.75, 3.05) is 17.7 Å². The van der Waals surface area contributed by atoms with Gasteiger partial charge in [0.1, 0.15) is 17.5 Å². The summed E-state index contributed by atoms with van der Waals surface area (Å²) in [5, 5.41) is 7.43. The van der Waals surface area contributed by atoms with Gasteiger partial charge in [-0.25, -0.2) is 9.97 Å². The van der Waals surface area contributed by atoms with Crippen molar-refractivity contribution in [1.82, 2.24) is 9.97 Å². The first kappa shape index (κ1) is 15.9. The number of rotatable bonds is 3. The van der Waals surface area contributed by atoms with E-state index >= 15 is 0 Å². The van der Waals surface area contributed by atoms with E-state index < -0.39 is 0 Å². The topological polar surface area (TPSA) is 49.8 Å². The van der Waals surface area contributed by atoms with Crippen LogP contribution in [0.2, 0.25) is 10.0 Å². The highest BCUT2D eigenvalue weighted by Gasteiger charge is 2.19. The molecular weight excluding hydrogens is 307 g/mol. The second-order valence-electron chi connectivity index (χ2n) is 5.71. The second-order valence-corrected chi connectivity index (χ2v) is 6.55. The standard InChI is InChI=1S/C15H18Cl2N4/c1-15(2,3)14-20-12(18-4)8-13(21-14)19-11-7-9(16)5-6-10(11)17/h5-8H,1-4H3,(H2,18,19,20,21). The predicted molar refractivity (Wildman–Crippen MR) is 90.0 cm³/mol. The highest BCUT2D eigenvalue weighted by molar-refractivity contribution is 6.35. The zero-order valence-electron chi connectivity index (χ0n) is 12.5. The van der Waals surface area contributed by atoms with E-state index in [2.05, 4.69) is 41.4 Å². The molecule has 6 heteroatoms. The van der Waals surface area contributed by atoms with E-state index in [0.29, 0.717) is 21.6 Å². The molecular formula is C15H18Cl2N4. The van der Waals surface area contributed by atoms with Crippen LogP contribution in [-0.4, -0.2) is 17.0 Å². The fraction of sp³-hybridized carbons (Fsp3) is 0.333. The predicted octanol–water partition coefficient (Wildman–Crippen LogP) is 4.87. The van der Waals surface area contributed by atoms with E-state index in [4.69, 9.17) is 23.2 Å². The first-order valence-electron chi connectivity index (χ1n) is 6.59. The van der Waals surface area contributed by atoms with Crippen LogP contribution in [0.4, 0.5) is 17.3 Å². The number of halogens is 2. The molecule has 0 aliphatic rings. The molecule has 0 radical (unpaired) electrons. The number of hydrogen-bond acceptors (Lipinski definition) is 4. The summed E-state index contributed by atoms with van der Waals surface area (Å²) in [4.78, 5) is 9.04. The van der Waals surface area contributed by atoms with Gasteiger partial charge in [-0.3, -0.25) is 0 Å². The minimum atomic E-state index is -0.151. The molecule has 4 nitrogen and oxygen atoms in total. The van der Waals surface area contributed by atoms with Gasteiger partial charge in [0.2, 0.25) is 0 Å². The normalized spacial score (nSPS) is 11.3. The van der Waals surface area contributed by atoms with Crippen molar-refractivity contribution < 1.29 is 0 Å². The van der Waals surface area contributed by atoms with E-state index in [9.17, 15) is 0 Å². The molecule has 0 spiro atoms. The molecule has 0 atom stereocenters. The van der Waals surface area contributed by atoms with Gasteiger partial charge in [-0.05, 0) is 18.2 Å². The summed E-state index contributed by atoms with van der Waals surface area (Å²) in [6.45, 7) is 6.20. The van der Waals surface area contributed by atoms with Gasteiger partial charge >= 0.3 is 0 Å². The largest absolute Gasteiger partial charge is 0.373 e. The molecule has 0 saturated heterocycles. The highest BCUT2D eigenvalue weighted by Crippen LogP contribution is 2.29. The van der Waals surface area contributed by atoms with Crippen molar-refractivity contribution in [2.24, 2.45) is 0 Å². The fourth-order valence-electron chi connectivity index (χ4n) is 1.71. The monoisotopic (exact) mass is 324 g/mol. The van der Waals surface area contributed by atoms with Crippen LogP contribution in [0.1, 0.15) is 26.6 Å². The van der Waals surface area contributed by atoms with Crippen LogP contribution in [0.15, 0.2) is 24.3 Å². The van der Waals surface area contributed by atoms with Gasteiger partial charge in [0.05, 0.1) is 10.7 Å². The number of nitrogens with zero attached hydrogens (tertiary/aromatic N) is 2. The molecule has 0 unspecified atom stereocenters. The summed E-state index contributed by atoms with van der Waals surface area (Å²) in [6.07, 6.45) is 0. The molecule has 2 aromatic rings. The van der Waals surface area contributed by atoms with E-state index in [0.717, 1.165) is 11.6 Å². The molecule has 21 heavy (non-hydrogen) atoms.